The van der Waals surface area contributed by atoms with E-state index < -0.39 is 5.79 Å². The number of rotatable bonds is 3. The van der Waals surface area contributed by atoms with Gasteiger partial charge < -0.3 is 9.47 Å². The Labute approximate surface area is 73.1 Å². The van der Waals surface area contributed by atoms with Crippen molar-refractivity contribution < 1.29 is 9.47 Å². The molecule has 0 spiro atoms. The monoisotopic (exact) mass is 169 g/mol. The largest absolute Gasteiger partial charge is 0.347 e. The van der Waals surface area contributed by atoms with Crippen molar-refractivity contribution in [1.82, 2.24) is 0 Å². The Morgan fingerprint density at radius 2 is 2.42 bits per heavy atom. The molecule has 0 unspecified atom stereocenters. The van der Waals surface area contributed by atoms with Crippen molar-refractivity contribution in [2.45, 2.75) is 25.7 Å². The predicted octanol–water partition coefficient (Wildman–Crippen LogP) is 1.39. The maximum absolute atomic E-state index is 5.49. The topological polar surface area (TPSA) is 30.8 Å². The molecule has 1 saturated heterocycles. The van der Waals surface area contributed by atoms with E-state index in [0.717, 1.165) is 0 Å². The van der Waals surface area contributed by atoms with Gasteiger partial charge in [0.05, 0.1) is 13.2 Å². The molecule has 0 amide bonds. The Balaban J connectivity index is 2.32. The van der Waals surface area contributed by atoms with Crippen molar-refractivity contribution in [3.05, 3.63) is 12.7 Å². The van der Waals surface area contributed by atoms with Crippen LogP contribution >= 0.6 is 0 Å². The summed E-state index contributed by atoms with van der Waals surface area (Å²) in [6, 6.07) is 0. The van der Waals surface area contributed by atoms with E-state index in [9.17, 15) is 0 Å². The fourth-order valence-electron chi connectivity index (χ4n) is 1.04. The van der Waals surface area contributed by atoms with Crippen molar-refractivity contribution in [3.63, 3.8) is 0 Å². The Morgan fingerprint density at radius 1 is 1.67 bits per heavy atom. The molecule has 68 valence electrons. The van der Waals surface area contributed by atoms with Crippen LogP contribution in [-0.2, 0) is 9.47 Å². The number of nitrogens with zero attached hydrogens (tertiary/aromatic N) is 1. The molecule has 3 nitrogen and oxygen atoms in total. The normalized spacial score (nSPS) is 28.0. The Bertz CT molecular complexity index is 187. The molecular formula is C9H15NO2. The second kappa shape index (κ2) is 3.83. The first kappa shape index (κ1) is 9.42. The molecule has 12 heavy (non-hydrogen) atoms. The lowest BCUT2D eigenvalue weighted by molar-refractivity contribution is -0.130. The van der Waals surface area contributed by atoms with Gasteiger partial charge in [-0.2, -0.15) is 0 Å². The summed E-state index contributed by atoms with van der Waals surface area (Å²) >= 11 is 0. The summed E-state index contributed by atoms with van der Waals surface area (Å²) in [5.74, 6) is -0.454. The first-order valence-corrected chi connectivity index (χ1v) is 4.07. The van der Waals surface area contributed by atoms with Crippen LogP contribution in [-0.4, -0.2) is 31.3 Å². The van der Waals surface area contributed by atoms with Gasteiger partial charge in [0.2, 0.25) is 0 Å². The molecule has 0 aromatic carbocycles. The fraction of sp³-hybridized carbons (Fsp3) is 0.667. The average Bonchev–Trinajstić information content (AvgIpc) is 2.31. The maximum Gasteiger partial charge on any atom is 0.163 e. The van der Waals surface area contributed by atoms with Gasteiger partial charge in [0, 0.05) is 6.21 Å². The van der Waals surface area contributed by atoms with Gasteiger partial charge >= 0.3 is 0 Å². The molecule has 3 heteroatoms. The summed E-state index contributed by atoms with van der Waals surface area (Å²) < 4.78 is 10.8. The lowest BCUT2D eigenvalue weighted by Gasteiger charge is -2.15. The fourth-order valence-corrected chi connectivity index (χ4v) is 1.04. The highest BCUT2D eigenvalue weighted by molar-refractivity contribution is 5.63. The summed E-state index contributed by atoms with van der Waals surface area (Å²) in [6.07, 6.45) is 3.52. The Morgan fingerprint density at radius 3 is 2.92 bits per heavy atom. The SMILES string of the molecule is C=CCN=C[C@H]1COC(C)(C)O1. The number of ether oxygens (including phenoxy) is 2. The molecule has 1 fully saturated rings. The first-order chi connectivity index (χ1) is 5.64. The van der Waals surface area contributed by atoms with Crippen molar-refractivity contribution in [3.8, 4) is 0 Å². The van der Waals surface area contributed by atoms with Crippen molar-refractivity contribution in [2.75, 3.05) is 13.2 Å². The number of hydrogen-bond acceptors (Lipinski definition) is 3. The van der Waals surface area contributed by atoms with Gasteiger partial charge in [-0.05, 0) is 13.8 Å². The third-order valence-corrected chi connectivity index (χ3v) is 1.54. The zero-order valence-electron chi connectivity index (χ0n) is 7.62. The van der Waals surface area contributed by atoms with Crippen LogP contribution in [0.1, 0.15) is 13.8 Å². The highest BCUT2D eigenvalue weighted by Gasteiger charge is 2.31. The summed E-state index contributed by atoms with van der Waals surface area (Å²) in [4.78, 5) is 4.09. The summed E-state index contributed by atoms with van der Waals surface area (Å²) in [7, 11) is 0. The van der Waals surface area contributed by atoms with Crippen molar-refractivity contribution >= 4 is 6.21 Å². The predicted molar refractivity (Wildman–Crippen MR) is 48.5 cm³/mol. The van der Waals surface area contributed by atoms with E-state index in [1.54, 1.807) is 12.3 Å². The van der Waals surface area contributed by atoms with E-state index in [2.05, 4.69) is 11.6 Å². The molecule has 0 aliphatic carbocycles. The standard InChI is InChI=1S/C9H15NO2/c1-4-5-10-6-8-7-11-9(2,3)12-8/h4,6,8H,1,5,7H2,2-3H3/t8-/m0/s1. The highest BCUT2D eigenvalue weighted by Crippen LogP contribution is 2.20. The molecule has 0 aromatic rings. The maximum atomic E-state index is 5.49. The van der Waals surface area contributed by atoms with E-state index >= 15 is 0 Å². The molecule has 0 bridgehead atoms. The van der Waals surface area contributed by atoms with E-state index in [0.29, 0.717) is 13.2 Å². The van der Waals surface area contributed by atoms with Crippen LogP contribution in [0, 0.1) is 0 Å². The minimum atomic E-state index is -0.454. The highest BCUT2D eigenvalue weighted by atomic mass is 16.7. The smallest absolute Gasteiger partial charge is 0.163 e. The van der Waals surface area contributed by atoms with Crippen LogP contribution < -0.4 is 0 Å². The first-order valence-electron chi connectivity index (χ1n) is 4.07. The van der Waals surface area contributed by atoms with E-state index in [-0.39, 0.29) is 6.10 Å². The number of aliphatic imine (C=N–C) groups is 1. The third-order valence-electron chi connectivity index (χ3n) is 1.54. The summed E-state index contributed by atoms with van der Waals surface area (Å²) in [5.41, 5.74) is 0. The second-order valence-corrected chi connectivity index (χ2v) is 3.17. The van der Waals surface area contributed by atoms with Crippen LogP contribution in [0.25, 0.3) is 0 Å². The minimum Gasteiger partial charge on any atom is -0.347 e. The molecule has 0 N–H and O–H groups in total. The van der Waals surface area contributed by atoms with Gasteiger partial charge in [-0.1, -0.05) is 6.08 Å². The summed E-state index contributed by atoms with van der Waals surface area (Å²) in [5, 5.41) is 0. The number of hydrogen-bond donors (Lipinski definition) is 0. The molecular weight excluding hydrogens is 154 g/mol. The Kier molecular flexibility index (Phi) is 3.00. The molecule has 1 heterocycles. The van der Waals surface area contributed by atoms with Gasteiger partial charge in [0.15, 0.2) is 5.79 Å². The second-order valence-electron chi connectivity index (χ2n) is 3.17. The third kappa shape index (κ3) is 2.75. The van der Waals surface area contributed by atoms with Crippen LogP contribution in [0.5, 0.6) is 0 Å². The molecule has 1 rings (SSSR count). The van der Waals surface area contributed by atoms with Crippen LogP contribution in [0.2, 0.25) is 0 Å². The van der Waals surface area contributed by atoms with Crippen LogP contribution in [0.4, 0.5) is 0 Å². The van der Waals surface area contributed by atoms with E-state index in [4.69, 9.17) is 9.47 Å². The lowest BCUT2D eigenvalue weighted by Crippen LogP contribution is -2.21. The van der Waals surface area contributed by atoms with Crippen LogP contribution in [0.15, 0.2) is 17.6 Å². The van der Waals surface area contributed by atoms with E-state index in [1.165, 1.54) is 0 Å². The molecule has 0 saturated carbocycles. The minimum absolute atomic E-state index is 0.0000463. The lowest BCUT2D eigenvalue weighted by atomic mass is 10.4. The average molecular weight is 169 g/mol. The van der Waals surface area contributed by atoms with E-state index in [1.807, 2.05) is 13.8 Å². The Hall–Kier alpha value is -0.670. The van der Waals surface area contributed by atoms with Gasteiger partial charge in [-0.15, -0.1) is 6.58 Å². The van der Waals surface area contributed by atoms with Gasteiger partial charge in [-0.3, -0.25) is 4.99 Å². The molecule has 1 atom stereocenters. The molecule has 1 aliphatic heterocycles. The zero-order valence-corrected chi connectivity index (χ0v) is 7.62. The van der Waals surface area contributed by atoms with Gasteiger partial charge in [0.25, 0.3) is 0 Å². The molecule has 1 aliphatic rings. The quantitative estimate of drug-likeness (QED) is 0.472. The van der Waals surface area contributed by atoms with Gasteiger partial charge in [-0.25, -0.2) is 0 Å². The van der Waals surface area contributed by atoms with Crippen LogP contribution in [0.3, 0.4) is 0 Å². The summed E-state index contributed by atoms with van der Waals surface area (Å²) in [6.45, 7) is 8.59. The van der Waals surface area contributed by atoms with Crippen molar-refractivity contribution in [2.24, 2.45) is 4.99 Å². The van der Waals surface area contributed by atoms with Gasteiger partial charge in [0.1, 0.15) is 6.10 Å². The van der Waals surface area contributed by atoms with Crippen molar-refractivity contribution in [1.29, 1.82) is 0 Å². The zero-order chi connectivity index (χ0) is 9.03. The molecule has 0 aromatic heterocycles. The molecule has 0 radical (unpaired) electrons.